The lowest BCUT2D eigenvalue weighted by atomic mass is 10.2. The Morgan fingerprint density at radius 1 is 1.36 bits per heavy atom. The Hall–Kier alpha value is -2.47. The number of nitrogens with one attached hydrogen (secondary N) is 1. The molecule has 0 saturated heterocycles. The predicted molar refractivity (Wildman–Crippen MR) is 85.4 cm³/mol. The van der Waals surface area contributed by atoms with E-state index in [9.17, 15) is 9.59 Å². The molecule has 0 spiro atoms. The lowest BCUT2D eigenvalue weighted by molar-refractivity contribution is 0.0950. The fourth-order valence-corrected chi connectivity index (χ4v) is 2.95. The molecule has 112 valence electrons. The van der Waals surface area contributed by atoms with Gasteiger partial charge in [-0.25, -0.2) is 9.78 Å². The number of carbonyl (C=O) groups excluding carboxylic acids is 1. The monoisotopic (exact) mass is 314 g/mol. The third-order valence-corrected chi connectivity index (χ3v) is 4.36. The molecular weight excluding hydrogens is 300 g/mol. The minimum Gasteiger partial charge on any atom is -0.422 e. The Bertz CT molecular complexity index is 882. The summed E-state index contributed by atoms with van der Waals surface area (Å²) < 4.78 is 5.16. The van der Waals surface area contributed by atoms with E-state index in [1.165, 1.54) is 0 Å². The molecule has 3 rings (SSSR count). The Labute approximate surface area is 130 Å². The quantitative estimate of drug-likeness (QED) is 0.751. The molecule has 6 heteroatoms. The number of benzene rings is 1. The van der Waals surface area contributed by atoms with Crippen LogP contribution >= 0.6 is 11.3 Å². The van der Waals surface area contributed by atoms with Crippen molar-refractivity contribution in [2.24, 2.45) is 0 Å². The van der Waals surface area contributed by atoms with E-state index >= 15 is 0 Å². The van der Waals surface area contributed by atoms with Crippen LogP contribution in [0.5, 0.6) is 0 Å². The maximum Gasteiger partial charge on any atom is 0.349 e. The number of rotatable bonds is 4. The van der Waals surface area contributed by atoms with E-state index in [0.29, 0.717) is 18.5 Å². The summed E-state index contributed by atoms with van der Waals surface area (Å²) in [5, 5.41) is 3.48. The van der Waals surface area contributed by atoms with Crippen molar-refractivity contribution in [1.82, 2.24) is 10.3 Å². The average molecular weight is 314 g/mol. The molecule has 0 fully saturated rings. The SMILES string of the molecule is Cc1ncsc1CCNC(=O)c1cc2ccccc2oc1=O. The number of para-hydroxylation sites is 1. The second-order valence-electron chi connectivity index (χ2n) is 4.85. The molecule has 2 aromatic heterocycles. The summed E-state index contributed by atoms with van der Waals surface area (Å²) in [5.41, 5.74) is 2.64. The van der Waals surface area contributed by atoms with Crippen molar-refractivity contribution in [3.8, 4) is 0 Å². The van der Waals surface area contributed by atoms with E-state index in [4.69, 9.17) is 4.42 Å². The number of amides is 1. The van der Waals surface area contributed by atoms with E-state index in [0.717, 1.165) is 16.0 Å². The number of aryl methyl sites for hydroxylation is 1. The second kappa shape index (κ2) is 6.11. The zero-order valence-electron chi connectivity index (χ0n) is 12.0. The summed E-state index contributed by atoms with van der Waals surface area (Å²) in [4.78, 5) is 29.3. The van der Waals surface area contributed by atoms with Crippen molar-refractivity contribution < 1.29 is 9.21 Å². The molecule has 0 bridgehead atoms. The lowest BCUT2D eigenvalue weighted by Gasteiger charge is -2.04. The molecule has 1 amide bonds. The van der Waals surface area contributed by atoms with Crippen LogP contribution in [0.2, 0.25) is 0 Å². The average Bonchev–Trinajstić information content (AvgIpc) is 2.92. The molecule has 22 heavy (non-hydrogen) atoms. The number of hydrogen-bond acceptors (Lipinski definition) is 5. The number of aromatic nitrogens is 1. The molecule has 1 aromatic carbocycles. The van der Waals surface area contributed by atoms with E-state index in [-0.39, 0.29) is 5.56 Å². The van der Waals surface area contributed by atoms with Crippen LogP contribution in [0.1, 0.15) is 20.9 Å². The summed E-state index contributed by atoms with van der Waals surface area (Å²) >= 11 is 1.56. The zero-order chi connectivity index (χ0) is 15.5. The maximum absolute atomic E-state index is 12.1. The molecule has 5 nitrogen and oxygen atoms in total. The van der Waals surface area contributed by atoms with Gasteiger partial charge in [-0.05, 0) is 19.1 Å². The molecule has 0 aliphatic rings. The molecule has 0 aliphatic heterocycles. The summed E-state index contributed by atoms with van der Waals surface area (Å²) in [6, 6.07) is 8.67. The predicted octanol–water partition coefficient (Wildman–Crippen LogP) is 2.53. The van der Waals surface area contributed by atoms with Gasteiger partial charge in [0.1, 0.15) is 11.1 Å². The number of nitrogens with zero attached hydrogens (tertiary/aromatic N) is 1. The molecule has 2 heterocycles. The lowest BCUT2D eigenvalue weighted by Crippen LogP contribution is -2.29. The van der Waals surface area contributed by atoms with Crippen LogP contribution in [0.25, 0.3) is 11.0 Å². The van der Waals surface area contributed by atoms with Gasteiger partial charge in [0.15, 0.2) is 0 Å². The number of carbonyl (C=O) groups is 1. The van der Waals surface area contributed by atoms with Gasteiger partial charge in [0.05, 0.1) is 11.2 Å². The van der Waals surface area contributed by atoms with Crippen molar-refractivity contribution in [2.45, 2.75) is 13.3 Å². The van der Waals surface area contributed by atoms with Gasteiger partial charge < -0.3 is 9.73 Å². The first-order valence-corrected chi connectivity index (χ1v) is 7.73. The van der Waals surface area contributed by atoms with Crippen molar-refractivity contribution in [3.63, 3.8) is 0 Å². The van der Waals surface area contributed by atoms with Gasteiger partial charge in [-0.1, -0.05) is 18.2 Å². The van der Waals surface area contributed by atoms with Crippen LogP contribution in [-0.4, -0.2) is 17.4 Å². The standard InChI is InChI=1S/C16H14N2O3S/c1-10-14(22-9-18-10)6-7-17-15(19)12-8-11-4-2-3-5-13(11)21-16(12)20/h2-5,8-9H,6-7H2,1H3,(H,17,19). The Balaban J connectivity index is 1.73. The first-order valence-electron chi connectivity index (χ1n) is 6.85. The van der Waals surface area contributed by atoms with Crippen LogP contribution in [0.4, 0.5) is 0 Å². The molecule has 0 saturated carbocycles. The minimum atomic E-state index is -0.620. The molecule has 3 aromatic rings. The Kier molecular flexibility index (Phi) is 4.02. The molecule has 0 unspecified atom stereocenters. The van der Waals surface area contributed by atoms with Crippen LogP contribution in [-0.2, 0) is 6.42 Å². The highest BCUT2D eigenvalue weighted by molar-refractivity contribution is 7.09. The van der Waals surface area contributed by atoms with E-state index < -0.39 is 11.5 Å². The van der Waals surface area contributed by atoms with Gasteiger partial charge in [0.25, 0.3) is 5.91 Å². The maximum atomic E-state index is 12.1. The van der Waals surface area contributed by atoms with Crippen molar-refractivity contribution in [1.29, 1.82) is 0 Å². The van der Waals surface area contributed by atoms with Gasteiger partial charge in [0.2, 0.25) is 0 Å². The molecule has 0 aliphatic carbocycles. The summed E-state index contributed by atoms with van der Waals surface area (Å²) in [7, 11) is 0. The largest absolute Gasteiger partial charge is 0.422 e. The number of fused-ring (bicyclic) bond motifs is 1. The summed E-state index contributed by atoms with van der Waals surface area (Å²) in [6.07, 6.45) is 0.696. The van der Waals surface area contributed by atoms with Crippen molar-refractivity contribution in [2.75, 3.05) is 6.54 Å². The van der Waals surface area contributed by atoms with E-state index in [2.05, 4.69) is 10.3 Å². The van der Waals surface area contributed by atoms with Crippen molar-refractivity contribution >= 4 is 28.2 Å². The van der Waals surface area contributed by atoms with Crippen LogP contribution in [0.3, 0.4) is 0 Å². The highest BCUT2D eigenvalue weighted by Gasteiger charge is 2.13. The molecular formula is C16H14N2O3S. The van der Waals surface area contributed by atoms with E-state index in [1.54, 1.807) is 41.1 Å². The first kappa shape index (κ1) is 14.5. The summed E-state index contributed by atoms with van der Waals surface area (Å²) in [5.74, 6) is -0.415. The first-order chi connectivity index (χ1) is 10.6. The van der Waals surface area contributed by atoms with Gasteiger partial charge in [-0.3, -0.25) is 4.79 Å². The molecule has 0 radical (unpaired) electrons. The third-order valence-electron chi connectivity index (χ3n) is 3.37. The minimum absolute atomic E-state index is 0.0275. The fraction of sp³-hybridized carbons (Fsp3) is 0.188. The number of hydrogen-bond donors (Lipinski definition) is 1. The smallest absolute Gasteiger partial charge is 0.349 e. The van der Waals surface area contributed by atoms with E-state index in [1.807, 2.05) is 13.0 Å². The van der Waals surface area contributed by atoms with Gasteiger partial charge >= 0.3 is 5.63 Å². The second-order valence-corrected chi connectivity index (χ2v) is 5.79. The molecule has 0 atom stereocenters. The van der Waals surface area contributed by atoms with Gasteiger partial charge in [-0.2, -0.15) is 0 Å². The van der Waals surface area contributed by atoms with Crippen LogP contribution in [0, 0.1) is 6.92 Å². The zero-order valence-corrected chi connectivity index (χ0v) is 12.8. The topological polar surface area (TPSA) is 72.2 Å². The van der Waals surface area contributed by atoms with Gasteiger partial charge in [-0.15, -0.1) is 11.3 Å². The molecule has 1 N–H and O–H groups in total. The summed E-state index contributed by atoms with van der Waals surface area (Å²) in [6.45, 7) is 2.39. The highest BCUT2D eigenvalue weighted by Crippen LogP contribution is 2.13. The Morgan fingerprint density at radius 3 is 2.95 bits per heavy atom. The third kappa shape index (κ3) is 2.92. The number of thiazole rings is 1. The Morgan fingerprint density at radius 2 is 2.18 bits per heavy atom. The van der Waals surface area contributed by atoms with Crippen molar-refractivity contribution in [3.05, 3.63) is 62.4 Å². The normalized spacial score (nSPS) is 10.8. The van der Waals surface area contributed by atoms with Gasteiger partial charge in [0, 0.05) is 23.2 Å². The van der Waals surface area contributed by atoms with Crippen LogP contribution < -0.4 is 10.9 Å². The fourth-order valence-electron chi connectivity index (χ4n) is 2.17. The highest BCUT2D eigenvalue weighted by atomic mass is 32.1. The van der Waals surface area contributed by atoms with Crippen LogP contribution in [0.15, 0.2) is 45.1 Å².